The summed E-state index contributed by atoms with van der Waals surface area (Å²) in [7, 11) is 0. The van der Waals surface area contributed by atoms with Crippen LogP contribution in [-0.4, -0.2) is 62.2 Å². The van der Waals surface area contributed by atoms with Gasteiger partial charge >= 0.3 is 6.18 Å². The predicted octanol–water partition coefficient (Wildman–Crippen LogP) is 4.66. The minimum absolute atomic E-state index is 0.593. The van der Waals surface area contributed by atoms with Crippen LogP contribution in [0.1, 0.15) is 18.4 Å². The van der Waals surface area contributed by atoms with Gasteiger partial charge in [0.25, 0.3) is 0 Å². The Hall–Kier alpha value is -1.74. The third-order valence-corrected chi connectivity index (χ3v) is 7.08. The summed E-state index contributed by atoms with van der Waals surface area (Å²) in [6.45, 7) is 7.61. The monoisotopic (exact) mass is 450 g/mol. The van der Waals surface area contributed by atoms with E-state index >= 15 is 0 Å². The maximum absolute atomic E-state index is 13.3. The predicted molar refractivity (Wildman–Crippen MR) is 120 cm³/mol. The van der Waals surface area contributed by atoms with Crippen LogP contribution in [-0.2, 0) is 6.18 Å². The van der Waals surface area contributed by atoms with E-state index in [0.29, 0.717) is 12.2 Å². The summed E-state index contributed by atoms with van der Waals surface area (Å²) in [5.74, 6) is 0. The van der Waals surface area contributed by atoms with Gasteiger partial charge in [-0.25, -0.2) is 0 Å². The average Bonchev–Trinajstić information content (AvgIpc) is 2.77. The molecule has 0 aliphatic carbocycles. The van der Waals surface area contributed by atoms with Crippen LogP contribution in [0.25, 0.3) is 0 Å². The number of benzene rings is 2. The van der Waals surface area contributed by atoms with Crippen molar-refractivity contribution >= 4 is 23.1 Å². The molecule has 4 rings (SSSR count). The second-order valence-electron chi connectivity index (χ2n) is 8.08. The number of hydrogen-bond donors (Lipinski definition) is 1. The number of para-hydroxylation sites is 1. The van der Waals surface area contributed by atoms with E-state index in [4.69, 9.17) is 5.73 Å². The molecule has 0 atom stereocenters. The first-order valence-electron chi connectivity index (χ1n) is 10.9. The zero-order valence-corrected chi connectivity index (χ0v) is 18.4. The number of rotatable bonds is 7. The Labute approximate surface area is 186 Å². The fourth-order valence-electron chi connectivity index (χ4n) is 4.25. The minimum Gasteiger partial charge on any atom is -0.340 e. The van der Waals surface area contributed by atoms with Gasteiger partial charge in [0.2, 0.25) is 0 Å². The fraction of sp³-hybridized carbons (Fsp3) is 0.478. The molecule has 0 radical (unpaired) electrons. The Morgan fingerprint density at radius 3 is 2.13 bits per heavy atom. The standard InChI is InChI=1S/C23H29F3N4S/c24-23(25,26)18-7-8-22-20(17-18)30(19-5-1-2-6-21(19)31-22)12-4-11-29-15-13-28(14-16-29)10-3-9-27/h1-2,5-8,17H,3-4,9-16,27H2. The van der Waals surface area contributed by atoms with E-state index in [0.717, 1.165) is 74.1 Å². The van der Waals surface area contributed by atoms with E-state index < -0.39 is 11.7 Å². The Bertz CT molecular complexity index is 881. The first-order chi connectivity index (χ1) is 15.0. The van der Waals surface area contributed by atoms with Crippen molar-refractivity contribution in [2.45, 2.75) is 28.8 Å². The van der Waals surface area contributed by atoms with Gasteiger partial charge in [0, 0.05) is 42.5 Å². The van der Waals surface area contributed by atoms with Crippen molar-refractivity contribution in [3.8, 4) is 0 Å². The molecule has 2 aromatic rings. The molecule has 0 saturated carbocycles. The van der Waals surface area contributed by atoms with Crippen LogP contribution in [0.5, 0.6) is 0 Å². The molecule has 1 fully saturated rings. The maximum atomic E-state index is 13.3. The van der Waals surface area contributed by atoms with Gasteiger partial charge in [0.1, 0.15) is 0 Å². The van der Waals surface area contributed by atoms with Crippen LogP contribution in [0.15, 0.2) is 52.3 Å². The number of halogens is 3. The summed E-state index contributed by atoms with van der Waals surface area (Å²) < 4.78 is 40.0. The molecule has 2 aromatic carbocycles. The lowest BCUT2D eigenvalue weighted by Crippen LogP contribution is -2.47. The lowest BCUT2D eigenvalue weighted by Gasteiger charge is -2.36. The van der Waals surface area contributed by atoms with Crippen molar-refractivity contribution in [1.82, 2.24) is 9.80 Å². The molecular weight excluding hydrogens is 421 g/mol. The molecule has 168 valence electrons. The lowest BCUT2D eigenvalue weighted by atomic mass is 10.1. The van der Waals surface area contributed by atoms with Crippen molar-refractivity contribution < 1.29 is 13.2 Å². The van der Waals surface area contributed by atoms with Crippen molar-refractivity contribution in [2.24, 2.45) is 5.73 Å². The van der Waals surface area contributed by atoms with Crippen molar-refractivity contribution in [3.63, 3.8) is 0 Å². The molecule has 0 unspecified atom stereocenters. The molecule has 1 saturated heterocycles. The van der Waals surface area contributed by atoms with E-state index in [1.54, 1.807) is 6.07 Å². The number of alkyl halides is 3. The minimum atomic E-state index is -4.34. The molecule has 2 heterocycles. The van der Waals surface area contributed by atoms with E-state index in [-0.39, 0.29) is 0 Å². The van der Waals surface area contributed by atoms with E-state index in [1.165, 1.54) is 23.9 Å². The average molecular weight is 451 g/mol. The third-order valence-electron chi connectivity index (χ3n) is 5.95. The zero-order chi connectivity index (χ0) is 21.8. The van der Waals surface area contributed by atoms with Gasteiger partial charge in [-0.15, -0.1) is 0 Å². The van der Waals surface area contributed by atoms with Crippen molar-refractivity contribution in [3.05, 3.63) is 48.0 Å². The van der Waals surface area contributed by atoms with E-state index in [2.05, 4.69) is 14.7 Å². The topological polar surface area (TPSA) is 35.7 Å². The third kappa shape index (κ3) is 5.37. The molecule has 0 amide bonds. The highest BCUT2D eigenvalue weighted by molar-refractivity contribution is 7.99. The Kier molecular flexibility index (Phi) is 7.11. The summed E-state index contributed by atoms with van der Waals surface area (Å²) in [4.78, 5) is 8.93. The summed E-state index contributed by atoms with van der Waals surface area (Å²) in [5, 5.41) is 0. The van der Waals surface area contributed by atoms with Gasteiger partial charge in [-0.05, 0) is 62.8 Å². The van der Waals surface area contributed by atoms with Gasteiger partial charge in [0.15, 0.2) is 0 Å². The molecule has 2 aliphatic heterocycles. The van der Waals surface area contributed by atoms with Crippen LogP contribution in [0.4, 0.5) is 24.5 Å². The second kappa shape index (κ2) is 9.81. The van der Waals surface area contributed by atoms with Gasteiger partial charge in [-0.2, -0.15) is 13.2 Å². The number of anilines is 2. The first-order valence-corrected chi connectivity index (χ1v) is 11.7. The van der Waals surface area contributed by atoms with Crippen LogP contribution in [0, 0.1) is 0 Å². The first kappa shape index (κ1) is 22.5. The van der Waals surface area contributed by atoms with Gasteiger partial charge < -0.3 is 20.4 Å². The largest absolute Gasteiger partial charge is 0.416 e. The van der Waals surface area contributed by atoms with Gasteiger partial charge in [-0.3, -0.25) is 0 Å². The van der Waals surface area contributed by atoms with Crippen molar-refractivity contribution in [2.75, 3.05) is 57.3 Å². The number of nitrogens with zero attached hydrogens (tertiary/aromatic N) is 3. The fourth-order valence-corrected chi connectivity index (χ4v) is 5.33. The van der Waals surface area contributed by atoms with Crippen LogP contribution >= 0.6 is 11.8 Å². The quantitative estimate of drug-likeness (QED) is 0.664. The van der Waals surface area contributed by atoms with Crippen molar-refractivity contribution in [1.29, 1.82) is 0 Å². The van der Waals surface area contributed by atoms with Gasteiger partial charge in [-0.1, -0.05) is 23.9 Å². The normalized spacial score (nSPS) is 17.5. The van der Waals surface area contributed by atoms with Crippen LogP contribution < -0.4 is 10.6 Å². The summed E-state index contributed by atoms with van der Waals surface area (Å²) in [5.41, 5.74) is 6.66. The van der Waals surface area contributed by atoms with Gasteiger partial charge in [0.05, 0.1) is 16.9 Å². The molecular formula is C23H29F3N4S. The maximum Gasteiger partial charge on any atom is 0.416 e. The smallest absolute Gasteiger partial charge is 0.340 e. The summed E-state index contributed by atoms with van der Waals surface area (Å²) in [6, 6.07) is 12.0. The molecule has 0 spiro atoms. The Morgan fingerprint density at radius 2 is 1.45 bits per heavy atom. The molecule has 2 N–H and O–H groups in total. The Balaban J connectivity index is 1.43. The van der Waals surface area contributed by atoms with E-state index in [9.17, 15) is 13.2 Å². The number of hydrogen-bond acceptors (Lipinski definition) is 5. The second-order valence-corrected chi connectivity index (χ2v) is 9.16. The summed E-state index contributed by atoms with van der Waals surface area (Å²) in [6.07, 6.45) is -2.41. The zero-order valence-electron chi connectivity index (χ0n) is 17.6. The molecule has 0 aromatic heterocycles. The highest BCUT2D eigenvalue weighted by Crippen LogP contribution is 2.49. The highest BCUT2D eigenvalue weighted by Gasteiger charge is 2.33. The molecule has 8 heteroatoms. The molecule has 2 aliphatic rings. The summed E-state index contributed by atoms with van der Waals surface area (Å²) >= 11 is 1.54. The van der Waals surface area contributed by atoms with E-state index in [1.807, 2.05) is 24.3 Å². The molecule has 0 bridgehead atoms. The number of fused-ring (bicyclic) bond motifs is 2. The molecule has 31 heavy (non-hydrogen) atoms. The SMILES string of the molecule is NCCCN1CCN(CCCN2c3ccccc3Sc3ccc(C(F)(F)F)cc32)CC1. The lowest BCUT2D eigenvalue weighted by molar-refractivity contribution is -0.137. The van der Waals surface area contributed by atoms with Crippen LogP contribution in [0.3, 0.4) is 0 Å². The number of nitrogens with two attached hydrogens (primary N) is 1. The molecule has 4 nitrogen and oxygen atoms in total. The van der Waals surface area contributed by atoms with Crippen LogP contribution in [0.2, 0.25) is 0 Å². The Morgan fingerprint density at radius 1 is 0.806 bits per heavy atom. The highest BCUT2D eigenvalue weighted by atomic mass is 32.2. The number of piperazine rings is 1.